The van der Waals surface area contributed by atoms with Crippen LogP contribution in [-0.2, 0) is 11.8 Å². The first-order valence-corrected chi connectivity index (χ1v) is 9.88. The molecule has 0 saturated heterocycles. The first-order valence-electron chi connectivity index (χ1n) is 8.89. The second kappa shape index (κ2) is 8.60. The Kier molecular flexibility index (Phi) is 6.17. The molecule has 0 spiro atoms. The molecule has 8 nitrogen and oxygen atoms in total. The molecule has 3 rings (SSSR count). The van der Waals surface area contributed by atoms with Crippen LogP contribution in [-0.4, -0.2) is 42.5 Å². The van der Waals surface area contributed by atoms with Crippen LogP contribution in [0.5, 0.6) is 17.2 Å². The van der Waals surface area contributed by atoms with E-state index in [1.54, 1.807) is 29.8 Å². The molecule has 0 aliphatic carbocycles. The van der Waals surface area contributed by atoms with Gasteiger partial charge in [-0.3, -0.25) is 9.59 Å². The lowest BCUT2D eigenvalue weighted by Gasteiger charge is -2.28. The van der Waals surface area contributed by atoms with Crippen molar-refractivity contribution in [3.05, 3.63) is 46.3 Å². The number of carbonyl (C=O) groups excluding carboxylic acids is 1. The molecule has 0 radical (unpaired) electrons. The van der Waals surface area contributed by atoms with Gasteiger partial charge in [0, 0.05) is 36.8 Å². The van der Waals surface area contributed by atoms with E-state index in [1.165, 1.54) is 33.1 Å². The third kappa shape index (κ3) is 3.82. The number of nitrogens with one attached hydrogen (secondary N) is 1. The fraction of sp³-hybridized carbons (Fsp3) is 0.350. The SMILES string of the molecule is C=CCSc1nc(=O)c2c(n1C)NC(=O)C[C@H]2c1cc(OC)c(OC)cc1OC. The Bertz CT molecular complexity index is 1020. The summed E-state index contributed by atoms with van der Waals surface area (Å²) in [6.45, 7) is 3.69. The van der Waals surface area contributed by atoms with Gasteiger partial charge in [-0.1, -0.05) is 17.8 Å². The highest BCUT2D eigenvalue weighted by molar-refractivity contribution is 7.99. The Labute approximate surface area is 172 Å². The number of aromatic nitrogens is 2. The summed E-state index contributed by atoms with van der Waals surface area (Å²) >= 11 is 1.37. The third-order valence-corrected chi connectivity index (χ3v) is 5.77. The van der Waals surface area contributed by atoms with Gasteiger partial charge in [0.05, 0.1) is 26.9 Å². The number of amides is 1. The number of carbonyl (C=O) groups is 1. The van der Waals surface area contributed by atoms with Gasteiger partial charge in [0.1, 0.15) is 11.6 Å². The van der Waals surface area contributed by atoms with E-state index < -0.39 is 5.92 Å². The summed E-state index contributed by atoms with van der Waals surface area (Å²) in [5.74, 6) is 1.79. The van der Waals surface area contributed by atoms with Gasteiger partial charge in [0.2, 0.25) is 5.91 Å². The number of methoxy groups -OCH3 is 3. The first kappa shape index (κ1) is 20.8. The summed E-state index contributed by atoms with van der Waals surface area (Å²) in [5.41, 5.74) is 0.693. The molecular formula is C20H23N3O5S. The summed E-state index contributed by atoms with van der Waals surface area (Å²) < 4.78 is 18.0. The van der Waals surface area contributed by atoms with Gasteiger partial charge < -0.3 is 24.1 Å². The standard InChI is InChI=1S/C20H23N3O5S/c1-6-7-29-20-22-19(25)17-12(9-16(24)21-18(17)23(20)2)11-8-14(27-4)15(28-5)10-13(11)26-3/h6,8,10,12H,1,7,9H2,2-5H3,(H,21,24)/t12-/m0/s1. The molecule has 0 bridgehead atoms. The fourth-order valence-electron chi connectivity index (χ4n) is 3.39. The molecule has 1 amide bonds. The van der Waals surface area contributed by atoms with Gasteiger partial charge in [-0.2, -0.15) is 4.98 Å². The minimum absolute atomic E-state index is 0.0922. The summed E-state index contributed by atoms with van der Waals surface area (Å²) in [4.78, 5) is 29.7. The Morgan fingerprint density at radius 1 is 1.21 bits per heavy atom. The molecule has 2 heterocycles. The molecule has 1 aliphatic rings. The number of ether oxygens (including phenoxy) is 3. The smallest absolute Gasteiger partial charge is 0.279 e. The van der Waals surface area contributed by atoms with Crippen LogP contribution in [0.4, 0.5) is 5.82 Å². The van der Waals surface area contributed by atoms with Crippen LogP contribution < -0.4 is 25.1 Å². The average Bonchev–Trinajstić information content (AvgIpc) is 2.73. The fourth-order valence-corrected chi connectivity index (χ4v) is 4.09. The molecule has 2 aromatic rings. The van der Waals surface area contributed by atoms with Crippen LogP contribution in [0.1, 0.15) is 23.5 Å². The number of rotatable bonds is 7. The minimum atomic E-state index is -0.529. The average molecular weight is 417 g/mol. The molecule has 0 saturated carbocycles. The summed E-state index contributed by atoms with van der Waals surface area (Å²) in [6.07, 6.45) is 1.82. The van der Waals surface area contributed by atoms with Crippen molar-refractivity contribution in [1.82, 2.24) is 9.55 Å². The highest BCUT2D eigenvalue weighted by Crippen LogP contribution is 2.44. The Morgan fingerprint density at radius 2 is 1.86 bits per heavy atom. The molecule has 1 aliphatic heterocycles. The van der Waals surface area contributed by atoms with Gasteiger partial charge in [0.25, 0.3) is 5.56 Å². The van der Waals surface area contributed by atoms with Gasteiger partial charge in [-0.25, -0.2) is 0 Å². The largest absolute Gasteiger partial charge is 0.496 e. The number of fused-ring (bicyclic) bond motifs is 1. The predicted octanol–water partition coefficient (Wildman–Crippen LogP) is 2.56. The molecule has 1 aromatic heterocycles. The quantitative estimate of drug-likeness (QED) is 0.420. The zero-order chi connectivity index (χ0) is 21.1. The van der Waals surface area contributed by atoms with Crippen LogP contribution in [0, 0.1) is 0 Å². The minimum Gasteiger partial charge on any atom is -0.496 e. The molecule has 154 valence electrons. The van der Waals surface area contributed by atoms with Crippen molar-refractivity contribution in [2.45, 2.75) is 17.5 Å². The maximum atomic E-state index is 13.0. The van der Waals surface area contributed by atoms with Gasteiger partial charge in [-0.15, -0.1) is 6.58 Å². The highest BCUT2D eigenvalue weighted by Gasteiger charge is 2.34. The lowest BCUT2D eigenvalue weighted by atomic mass is 9.86. The van der Waals surface area contributed by atoms with Crippen LogP contribution in [0.25, 0.3) is 0 Å². The van der Waals surface area contributed by atoms with Crippen LogP contribution in [0.3, 0.4) is 0 Å². The van der Waals surface area contributed by atoms with Crippen molar-refractivity contribution in [3.63, 3.8) is 0 Å². The molecular weight excluding hydrogens is 394 g/mol. The molecule has 29 heavy (non-hydrogen) atoms. The summed E-state index contributed by atoms with van der Waals surface area (Å²) in [7, 11) is 6.35. The molecule has 1 N–H and O–H groups in total. The zero-order valence-electron chi connectivity index (χ0n) is 16.8. The van der Waals surface area contributed by atoms with Crippen LogP contribution in [0.15, 0.2) is 34.7 Å². The number of benzene rings is 1. The molecule has 0 unspecified atom stereocenters. The zero-order valence-corrected chi connectivity index (χ0v) is 17.6. The van der Waals surface area contributed by atoms with Gasteiger partial charge in [-0.05, 0) is 6.07 Å². The van der Waals surface area contributed by atoms with Crippen molar-refractivity contribution >= 4 is 23.5 Å². The van der Waals surface area contributed by atoms with E-state index in [0.29, 0.717) is 45.1 Å². The lowest BCUT2D eigenvalue weighted by Crippen LogP contribution is -2.33. The molecule has 1 atom stereocenters. The Morgan fingerprint density at radius 3 is 2.48 bits per heavy atom. The first-order chi connectivity index (χ1) is 13.9. The number of thioether (sulfide) groups is 1. The maximum Gasteiger partial charge on any atom is 0.279 e. The third-order valence-electron chi connectivity index (χ3n) is 4.74. The summed E-state index contributed by atoms with van der Waals surface area (Å²) in [6, 6.07) is 3.43. The molecule has 9 heteroatoms. The second-order valence-corrected chi connectivity index (χ2v) is 7.36. The van der Waals surface area contributed by atoms with Gasteiger partial charge in [0.15, 0.2) is 16.7 Å². The number of hydrogen-bond acceptors (Lipinski definition) is 7. The second-order valence-electron chi connectivity index (χ2n) is 6.37. The molecule has 0 fully saturated rings. The van der Waals surface area contributed by atoms with Crippen molar-refractivity contribution in [3.8, 4) is 17.2 Å². The monoisotopic (exact) mass is 417 g/mol. The van der Waals surface area contributed by atoms with E-state index in [0.717, 1.165) is 0 Å². The normalized spacial score (nSPS) is 15.3. The number of nitrogens with zero attached hydrogens (tertiary/aromatic N) is 2. The van der Waals surface area contributed by atoms with Crippen molar-refractivity contribution < 1.29 is 19.0 Å². The van der Waals surface area contributed by atoms with Crippen LogP contribution in [0.2, 0.25) is 0 Å². The van der Waals surface area contributed by atoms with Gasteiger partial charge >= 0.3 is 0 Å². The Hall–Kier alpha value is -2.94. The van der Waals surface area contributed by atoms with Crippen molar-refractivity contribution in [1.29, 1.82) is 0 Å². The van der Waals surface area contributed by atoms with Crippen LogP contribution >= 0.6 is 11.8 Å². The van der Waals surface area contributed by atoms with E-state index in [-0.39, 0.29) is 17.9 Å². The van der Waals surface area contributed by atoms with E-state index >= 15 is 0 Å². The molecule has 1 aromatic carbocycles. The highest BCUT2D eigenvalue weighted by atomic mass is 32.2. The topological polar surface area (TPSA) is 91.7 Å². The number of hydrogen-bond donors (Lipinski definition) is 1. The van der Waals surface area contributed by atoms with E-state index in [1.807, 2.05) is 0 Å². The van der Waals surface area contributed by atoms with E-state index in [2.05, 4.69) is 16.9 Å². The Balaban J connectivity index is 2.22. The van der Waals surface area contributed by atoms with E-state index in [4.69, 9.17) is 14.2 Å². The maximum absolute atomic E-state index is 13.0. The summed E-state index contributed by atoms with van der Waals surface area (Å²) in [5, 5.41) is 3.33. The van der Waals surface area contributed by atoms with Crippen molar-refractivity contribution in [2.75, 3.05) is 32.4 Å². The predicted molar refractivity (Wildman–Crippen MR) is 112 cm³/mol. The number of anilines is 1. The lowest BCUT2D eigenvalue weighted by molar-refractivity contribution is -0.116. The van der Waals surface area contributed by atoms with Crippen molar-refractivity contribution in [2.24, 2.45) is 7.05 Å². The van der Waals surface area contributed by atoms with E-state index in [9.17, 15) is 9.59 Å².